The summed E-state index contributed by atoms with van der Waals surface area (Å²) >= 11 is 0. The molecule has 0 spiro atoms. The van der Waals surface area contributed by atoms with Crippen LogP contribution in [0.2, 0.25) is 0 Å². The van der Waals surface area contributed by atoms with Gasteiger partial charge in [0.25, 0.3) is 0 Å². The number of aliphatic hydroxyl groups is 1. The first-order chi connectivity index (χ1) is 9.69. The maximum atomic E-state index is 13.9. The van der Waals surface area contributed by atoms with E-state index >= 15 is 0 Å². The Morgan fingerprint density at radius 3 is 2.75 bits per heavy atom. The van der Waals surface area contributed by atoms with Crippen LogP contribution in [-0.4, -0.2) is 38.1 Å². The maximum absolute atomic E-state index is 13.9. The second kappa shape index (κ2) is 9.69. The van der Waals surface area contributed by atoms with Gasteiger partial charge in [0.1, 0.15) is 6.61 Å². The third-order valence-electron chi connectivity index (χ3n) is 2.88. The van der Waals surface area contributed by atoms with Crippen molar-refractivity contribution in [1.29, 1.82) is 0 Å². The van der Waals surface area contributed by atoms with Gasteiger partial charge in [0.15, 0.2) is 11.6 Å². The number of rotatable bonds is 10. The lowest BCUT2D eigenvalue weighted by molar-refractivity contribution is 0.0696. The molecule has 0 aromatic heterocycles. The minimum absolute atomic E-state index is 0.0221. The number of nitrogens with one attached hydrogen (secondary N) is 1. The fourth-order valence-corrected chi connectivity index (χ4v) is 1.76. The van der Waals surface area contributed by atoms with Gasteiger partial charge in [-0.3, -0.25) is 0 Å². The Kier molecular flexibility index (Phi) is 8.18. The zero-order chi connectivity index (χ0) is 14.8. The molecule has 0 radical (unpaired) electrons. The van der Waals surface area contributed by atoms with E-state index in [1.807, 2.05) is 13.0 Å². The summed E-state index contributed by atoms with van der Waals surface area (Å²) in [5, 5.41) is 11.8. The Labute approximate surface area is 119 Å². The molecule has 0 aliphatic carbocycles. The first kappa shape index (κ1) is 16.9. The summed E-state index contributed by atoms with van der Waals surface area (Å²) in [5.41, 5.74) is 0.903. The molecule has 0 aliphatic heterocycles. The van der Waals surface area contributed by atoms with Crippen molar-refractivity contribution in [2.45, 2.75) is 26.3 Å². The van der Waals surface area contributed by atoms with E-state index in [1.54, 1.807) is 6.07 Å². The van der Waals surface area contributed by atoms with Gasteiger partial charge in [0, 0.05) is 6.04 Å². The highest BCUT2D eigenvalue weighted by Gasteiger charge is 2.09. The Morgan fingerprint density at radius 1 is 1.30 bits per heavy atom. The van der Waals surface area contributed by atoms with Crippen LogP contribution in [-0.2, 0) is 4.74 Å². The van der Waals surface area contributed by atoms with E-state index in [-0.39, 0.29) is 37.4 Å². The number of benzene rings is 1. The highest BCUT2D eigenvalue weighted by Crippen LogP contribution is 2.22. The number of hydrogen-bond acceptors (Lipinski definition) is 4. The average molecular weight is 285 g/mol. The Balaban J connectivity index is 2.46. The van der Waals surface area contributed by atoms with E-state index < -0.39 is 0 Å². The maximum Gasteiger partial charge on any atom is 0.165 e. The minimum atomic E-state index is -0.366. The molecule has 2 N–H and O–H groups in total. The summed E-state index contributed by atoms with van der Waals surface area (Å²) in [6, 6.07) is 5.12. The molecule has 1 atom stereocenters. The number of hydrogen-bond donors (Lipinski definition) is 2. The highest BCUT2D eigenvalue weighted by atomic mass is 19.1. The van der Waals surface area contributed by atoms with Crippen LogP contribution in [0.25, 0.3) is 0 Å². The normalized spacial score (nSPS) is 12.4. The zero-order valence-electron chi connectivity index (χ0n) is 12.2. The van der Waals surface area contributed by atoms with Crippen molar-refractivity contribution in [2.24, 2.45) is 0 Å². The predicted octanol–water partition coefficient (Wildman–Crippen LogP) is 2.27. The Hall–Kier alpha value is -1.17. The van der Waals surface area contributed by atoms with E-state index in [2.05, 4.69) is 12.2 Å². The van der Waals surface area contributed by atoms with Crippen molar-refractivity contribution in [2.75, 3.05) is 33.0 Å². The molecule has 0 fully saturated rings. The van der Waals surface area contributed by atoms with Crippen molar-refractivity contribution in [1.82, 2.24) is 5.32 Å². The van der Waals surface area contributed by atoms with Gasteiger partial charge in [-0.05, 0) is 37.6 Å². The van der Waals surface area contributed by atoms with E-state index in [9.17, 15) is 4.39 Å². The third kappa shape index (κ3) is 5.86. The molecule has 0 heterocycles. The van der Waals surface area contributed by atoms with Crippen LogP contribution >= 0.6 is 0 Å². The van der Waals surface area contributed by atoms with Gasteiger partial charge >= 0.3 is 0 Å². The van der Waals surface area contributed by atoms with E-state index in [0.717, 1.165) is 18.5 Å². The van der Waals surface area contributed by atoms with Gasteiger partial charge in [0.2, 0.25) is 0 Å². The standard InChI is InChI=1S/C15H24FNO3/c1-3-6-17-12(2)13-4-5-15(14(16)11-13)20-10-9-19-8-7-18/h4-5,11-12,17-18H,3,6-10H2,1-2H3. The van der Waals surface area contributed by atoms with Gasteiger partial charge in [-0.25, -0.2) is 4.39 Å². The second-order valence-electron chi connectivity index (χ2n) is 4.55. The summed E-state index contributed by atoms with van der Waals surface area (Å²) in [6.07, 6.45) is 1.04. The molecule has 0 amide bonds. The molecule has 0 saturated carbocycles. The molecule has 0 aliphatic rings. The third-order valence-corrected chi connectivity index (χ3v) is 2.88. The summed E-state index contributed by atoms with van der Waals surface area (Å²) < 4.78 is 24.2. The topological polar surface area (TPSA) is 50.7 Å². The predicted molar refractivity (Wildman–Crippen MR) is 76.5 cm³/mol. The van der Waals surface area contributed by atoms with Gasteiger partial charge < -0.3 is 19.9 Å². The second-order valence-corrected chi connectivity index (χ2v) is 4.55. The fourth-order valence-electron chi connectivity index (χ4n) is 1.76. The zero-order valence-corrected chi connectivity index (χ0v) is 12.2. The Bertz CT molecular complexity index is 387. The first-order valence-corrected chi connectivity index (χ1v) is 7.03. The summed E-state index contributed by atoms with van der Waals surface area (Å²) in [6.45, 7) is 5.85. The summed E-state index contributed by atoms with van der Waals surface area (Å²) in [7, 11) is 0. The number of halogens is 1. The smallest absolute Gasteiger partial charge is 0.165 e. The highest BCUT2D eigenvalue weighted by molar-refractivity contribution is 5.30. The lowest BCUT2D eigenvalue weighted by Crippen LogP contribution is -2.19. The van der Waals surface area contributed by atoms with Crippen LogP contribution < -0.4 is 10.1 Å². The minimum Gasteiger partial charge on any atom is -0.488 e. The van der Waals surface area contributed by atoms with Crippen LogP contribution in [0.15, 0.2) is 18.2 Å². The molecular weight excluding hydrogens is 261 g/mol. The molecule has 0 bridgehead atoms. The van der Waals surface area contributed by atoms with Gasteiger partial charge in [-0.15, -0.1) is 0 Å². The van der Waals surface area contributed by atoms with Crippen LogP contribution in [0.3, 0.4) is 0 Å². The van der Waals surface area contributed by atoms with Gasteiger partial charge in [-0.2, -0.15) is 0 Å². The molecule has 1 rings (SSSR count). The molecule has 4 nitrogen and oxygen atoms in total. The lowest BCUT2D eigenvalue weighted by atomic mass is 10.1. The van der Waals surface area contributed by atoms with Crippen LogP contribution in [0.5, 0.6) is 5.75 Å². The Morgan fingerprint density at radius 2 is 2.10 bits per heavy atom. The van der Waals surface area contributed by atoms with Gasteiger partial charge in [0.05, 0.1) is 19.8 Å². The monoisotopic (exact) mass is 285 g/mol. The molecular formula is C15H24FNO3. The summed E-state index contributed by atoms with van der Waals surface area (Å²) in [4.78, 5) is 0. The van der Waals surface area contributed by atoms with E-state index in [4.69, 9.17) is 14.6 Å². The molecule has 114 valence electrons. The largest absolute Gasteiger partial charge is 0.488 e. The van der Waals surface area contributed by atoms with Gasteiger partial charge in [-0.1, -0.05) is 13.0 Å². The molecule has 0 saturated heterocycles. The molecule has 20 heavy (non-hydrogen) atoms. The lowest BCUT2D eigenvalue weighted by Gasteiger charge is -2.15. The number of aliphatic hydroxyl groups excluding tert-OH is 1. The van der Waals surface area contributed by atoms with Crippen LogP contribution in [0, 0.1) is 5.82 Å². The molecule has 5 heteroatoms. The van der Waals surface area contributed by atoms with Crippen LogP contribution in [0.1, 0.15) is 31.9 Å². The van der Waals surface area contributed by atoms with Crippen molar-refractivity contribution >= 4 is 0 Å². The average Bonchev–Trinajstić information content (AvgIpc) is 2.46. The quantitative estimate of drug-likeness (QED) is 0.648. The van der Waals surface area contributed by atoms with E-state index in [0.29, 0.717) is 6.61 Å². The SMILES string of the molecule is CCCNC(C)c1ccc(OCCOCCO)c(F)c1. The van der Waals surface area contributed by atoms with Crippen LogP contribution in [0.4, 0.5) is 4.39 Å². The number of ether oxygens (including phenoxy) is 2. The van der Waals surface area contributed by atoms with Crippen molar-refractivity contribution < 1.29 is 19.0 Å². The van der Waals surface area contributed by atoms with Crippen molar-refractivity contribution in [3.63, 3.8) is 0 Å². The summed E-state index contributed by atoms with van der Waals surface area (Å²) in [5.74, 6) is -0.140. The van der Waals surface area contributed by atoms with Crippen molar-refractivity contribution in [3.05, 3.63) is 29.6 Å². The molecule has 1 aromatic carbocycles. The molecule has 1 unspecified atom stereocenters. The van der Waals surface area contributed by atoms with Crippen molar-refractivity contribution in [3.8, 4) is 5.75 Å². The van der Waals surface area contributed by atoms with E-state index in [1.165, 1.54) is 6.07 Å². The molecule has 1 aromatic rings. The fraction of sp³-hybridized carbons (Fsp3) is 0.600. The first-order valence-electron chi connectivity index (χ1n) is 7.03.